The van der Waals surface area contributed by atoms with Gasteiger partial charge in [0.05, 0.1) is 19.8 Å². The first-order chi connectivity index (χ1) is 9.08. The Balaban J connectivity index is 2.69. The lowest BCUT2D eigenvalue weighted by atomic mass is 10.1. The molecule has 2 N–H and O–H groups in total. The molecule has 100 valence electrons. The molecular formula is C12H11IN2O4. The topological polar surface area (TPSA) is 84.4 Å². The van der Waals surface area contributed by atoms with Crippen LogP contribution in [0.4, 0.5) is 0 Å². The smallest absolute Gasteiger partial charge is 0.268 e. The van der Waals surface area contributed by atoms with Crippen molar-refractivity contribution in [3.05, 3.63) is 32.1 Å². The van der Waals surface area contributed by atoms with Gasteiger partial charge in [0.25, 0.3) is 5.56 Å². The van der Waals surface area contributed by atoms with Gasteiger partial charge < -0.3 is 19.6 Å². The maximum absolute atomic E-state index is 11.7. The highest BCUT2D eigenvalue weighted by Gasteiger charge is 2.15. The Labute approximate surface area is 122 Å². The van der Waals surface area contributed by atoms with E-state index in [0.29, 0.717) is 17.1 Å². The van der Waals surface area contributed by atoms with Crippen LogP contribution >= 0.6 is 22.6 Å². The van der Waals surface area contributed by atoms with Crippen LogP contribution in [0.15, 0.2) is 23.0 Å². The standard InChI is InChI=1S/C12H11IN2O4/c1-18-7-5-3-4-6(9(7)19-2)10-14-11(16)8(13)12(17)15-10/h3-5H,1-2H3,(H2,14,15,16,17). The minimum atomic E-state index is -0.409. The molecule has 0 unspecified atom stereocenters. The molecule has 2 aromatic rings. The summed E-state index contributed by atoms with van der Waals surface area (Å²) in [6, 6.07) is 5.19. The predicted octanol–water partition coefficient (Wildman–Crippen LogP) is 1.76. The lowest BCUT2D eigenvalue weighted by Crippen LogP contribution is -2.12. The highest BCUT2D eigenvalue weighted by atomic mass is 127. The maximum Gasteiger partial charge on any atom is 0.268 e. The van der Waals surface area contributed by atoms with Gasteiger partial charge in [-0.2, -0.15) is 4.98 Å². The SMILES string of the molecule is COc1cccc(-c2nc(O)c(I)c(=O)[nH]2)c1OC. The number of aromatic hydroxyl groups is 1. The molecule has 0 aliphatic rings. The summed E-state index contributed by atoms with van der Waals surface area (Å²) in [5, 5.41) is 9.62. The van der Waals surface area contributed by atoms with Crippen molar-refractivity contribution in [3.63, 3.8) is 0 Å². The molecule has 1 aromatic heterocycles. The fourth-order valence-corrected chi connectivity index (χ4v) is 1.90. The van der Waals surface area contributed by atoms with Crippen LogP contribution in [0.2, 0.25) is 0 Å². The Bertz CT molecular complexity index is 669. The van der Waals surface area contributed by atoms with Gasteiger partial charge in [0.1, 0.15) is 9.39 Å². The molecule has 7 heteroatoms. The number of nitrogens with zero attached hydrogens (tertiary/aromatic N) is 1. The number of para-hydroxylation sites is 1. The fourth-order valence-electron chi connectivity index (χ4n) is 1.65. The van der Waals surface area contributed by atoms with Crippen molar-refractivity contribution in [1.82, 2.24) is 9.97 Å². The number of hydrogen-bond acceptors (Lipinski definition) is 5. The summed E-state index contributed by atoms with van der Waals surface area (Å²) in [6.45, 7) is 0. The van der Waals surface area contributed by atoms with Crippen molar-refractivity contribution in [1.29, 1.82) is 0 Å². The largest absolute Gasteiger partial charge is 0.493 e. The summed E-state index contributed by atoms with van der Waals surface area (Å²) in [5.74, 6) is 0.859. The van der Waals surface area contributed by atoms with Crippen molar-refractivity contribution in [3.8, 4) is 28.8 Å². The first-order valence-corrected chi connectivity index (χ1v) is 6.36. The molecule has 0 saturated heterocycles. The van der Waals surface area contributed by atoms with E-state index in [2.05, 4.69) is 9.97 Å². The fraction of sp³-hybridized carbons (Fsp3) is 0.167. The van der Waals surface area contributed by atoms with Gasteiger partial charge in [0.2, 0.25) is 5.88 Å². The second-order valence-corrected chi connectivity index (χ2v) is 4.67. The molecule has 1 heterocycles. The number of aromatic amines is 1. The third-order valence-corrected chi connectivity index (χ3v) is 3.48. The normalized spacial score (nSPS) is 10.3. The van der Waals surface area contributed by atoms with Gasteiger partial charge in [-0.15, -0.1) is 0 Å². The van der Waals surface area contributed by atoms with Gasteiger partial charge in [-0.3, -0.25) is 4.79 Å². The van der Waals surface area contributed by atoms with Crippen LogP contribution in [-0.2, 0) is 0 Å². The number of halogens is 1. The molecule has 0 atom stereocenters. The Kier molecular flexibility index (Phi) is 3.93. The van der Waals surface area contributed by atoms with E-state index in [1.165, 1.54) is 14.2 Å². The molecular weight excluding hydrogens is 363 g/mol. The second kappa shape index (κ2) is 5.47. The van der Waals surface area contributed by atoms with E-state index in [0.717, 1.165) is 0 Å². The molecule has 6 nitrogen and oxygen atoms in total. The molecule has 0 bridgehead atoms. The molecule has 0 radical (unpaired) electrons. The number of ether oxygens (including phenoxy) is 2. The Morgan fingerprint density at radius 3 is 2.63 bits per heavy atom. The number of hydrogen-bond donors (Lipinski definition) is 2. The average Bonchev–Trinajstić information content (AvgIpc) is 2.43. The number of aromatic nitrogens is 2. The highest BCUT2D eigenvalue weighted by Crippen LogP contribution is 2.36. The van der Waals surface area contributed by atoms with Gasteiger partial charge in [-0.1, -0.05) is 6.07 Å². The van der Waals surface area contributed by atoms with Gasteiger partial charge in [-0.25, -0.2) is 0 Å². The van der Waals surface area contributed by atoms with E-state index in [1.54, 1.807) is 40.8 Å². The van der Waals surface area contributed by atoms with Crippen molar-refractivity contribution in [2.45, 2.75) is 0 Å². The number of rotatable bonds is 3. The zero-order chi connectivity index (χ0) is 14.0. The highest BCUT2D eigenvalue weighted by molar-refractivity contribution is 14.1. The molecule has 19 heavy (non-hydrogen) atoms. The van der Waals surface area contributed by atoms with E-state index >= 15 is 0 Å². The Morgan fingerprint density at radius 2 is 2.05 bits per heavy atom. The van der Waals surface area contributed by atoms with Crippen LogP contribution in [0.5, 0.6) is 17.4 Å². The van der Waals surface area contributed by atoms with Crippen LogP contribution in [0.25, 0.3) is 11.4 Å². The quantitative estimate of drug-likeness (QED) is 0.800. The lowest BCUT2D eigenvalue weighted by molar-refractivity contribution is 0.356. The van der Waals surface area contributed by atoms with E-state index < -0.39 is 5.56 Å². The van der Waals surface area contributed by atoms with Crippen molar-refractivity contribution < 1.29 is 14.6 Å². The third-order valence-electron chi connectivity index (χ3n) is 2.50. The monoisotopic (exact) mass is 374 g/mol. The number of benzene rings is 1. The maximum atomic E-state index is 11.7. The summed E-state index contributed by atoms with van der Waals surface area (Å²) < 4.78 is 10.6. The summed E-state index contributed by atoms with van der Waals surface area (Å²) in [4.78, 5) is 18.2. The zero-order valence-electron chi connectivity index (χ0n) is 10.2. The molecule has 2 rings (SSSR count). The minimum Gasteiger partial charge on any atom is -0.493 e. The van der Waals surface area contributed by atoms with Crippen molar-refractivity contribution in [2.75, 3.05) is 14.2 Å². The molecule has 0 saturated carbocycles. The average molecular weight is 374 g/mol. The van der Waals surface area contributed by atoms with Gasteiger partial charge in [0.15, 0.2) is 11.5 Å². The summed E-state index contributed by atoms with van der Waals surface area (Å²) in [6.07, 6.45) is 0. The minimum absolute atomic E-state index is 0.142. The number of nitrogens with one attached hydrogen (secondary N) is 1. The second-order valence-electron chi connectivity index (χ2n) is 3.59. The predicted molar refractivity (Wildman–Crippen MR) is 77.8 cm³/mol. The van der Waals surface area contributed by atoms with Gasteiger partial charge in [-0.05, 0) is 34.7 Å². The third kappa shape index (κ3) is 2.50. The lowest BCUT2D eigenvalue weighted by Gasteiger charge is -2.12. The number of methoxy groups -OCH3 is 2. The van der Waals surface area contributed by atoms with Crippen LogP contribution in [0.1, 0.15) is 0 Å². The van der Waals surface area contributed by atoms with Gasteiger partial charge in [0, 0.05) is 0 Å². The molecule has 1 aromatic carbocycles. The van der Waals surface area contributed by atoms with Crippen LogP contribution in [-0.4, -0.2) is 29.3 Å². The van der Waals surface area contributed by atoms with E-state index in [9.17, 15) is 9.90 Å². The van der Waals surface area contributed by atoms with E-state index in [1.807, 2.05) is 0 Å². The van der Waals surface area contributed by atoms with Crippen LogP contribution < -0.4 is 15.0 Å². The van der Waals surface area contributed by atoms with E-state index in [4.69, 9.17) is 9.47 Å². The molecule has 0 fully saturated rings. The summed E-state index contributed by atoms with van der Waals surface area (Å²) >= 11 is 1.72. The molecule has 0 aliphatic carbocycles. The first kappa shape index (κ1) is 13.7. The zero-order valence-corrected chi connectivity index (χ0v) is 12.4. The van der Waals surface area contributed by atoms with Gasteiger partial charge >= 0.3 is 0 Å². The molecule has 0 aliphatic heterocycles. The molecule has 0 amide bonds. The summed E-state index contributed by atoms with van der Waals surface area (Å²) in [7, 11) is 3.01. The Morgan fingerprint density at radius 1 is 1.32 bits per heavy atom. The summed E-state index contributed by atoms with van der Waals surface area (Å²) in [5.41, 5.74) is 0.124. The number of H-pyrrole nitrogens is 1. The van der Waals surface area contributed by atoms with Crippen LogP contribution in [0, 0.1) is 3.57 Å². The van der Waals surface area contributed by atoms with Crippen LogP contribution in [0.3, 0.4) is 0 Å². The molecule has 0 spiro atoms. The Hall–Kier alpha value is -1.77. The first-order valence-electron chi connectivity index (χ1n) is 5.28. The van der Waals surface area contributed by atoms with E-state index in [-0.39, 0.29) is 15.3 Å². The van der Waals surface area contributed by atoms with Crippen molar-refractivity contribution in [2.24, 2.45) is 0 Å². The van der Waals surface area contributed by atoms with Crippen molar-refractivity contribution >= 4 is 22.6 Å².